The lowest BCUT2D eigenvalue weighted by Gasteiger charge is -2.39. The number of nitrogens with one attached hydrogen (secondary N) is 1. The highest BCUT2D eigenvalue weighted by molar-refractivity contribution is 5.82. The minimum Gasteiger partial charge on any atom is -0.326 e. The Hall–Kier alpha value is -2.24. The van der Waals surface area contributed by atoms with Gasteiger partial charge in [-0.25, -0.2) is 0 Å². The van der Waals surface area contributed by atoms with Gasteiger partial charge in [0.25, 0.3) is 5.69 Å². The third kappa shape index (κ3) is 2.91. The van der Waals surface area contributed by atoms with Crippen LogP contribution in [-0.4, -0.2) is 17.5 Å². The van der Waals surface area contributed by atoms with Crippen LogP contribution in [0.15, 0.2) is 42.5 Å². The van der Waals surface area contributed by atoms with E-state index in [4.69, 9.17) is 5.73 Å². The van der Waals surface area contributed by atoms with Gasteiger partial charge in [0.05, 0.1) is 10.5 Å². The predicted molar refractivity (Wildman–Crippen MR) is 105 cm³/mol. The first-order valence-corrected chi connectivity index (χ1v) is 9.45. The molecular formula is C21H27N3O2. The van der Waals surface area contributed by atoms with Crippen molar-refractivity contribution in [1.29, 1.82) is 0 Å². The van der Waals surface area contributed by atoms with Crippen molar-refractivity contribution in [2.24, 2.45) is 5.73 Å². The molecule has 2 unspecified atom stereocenters. The highest BCUT2D eigenvalue weighted by atomic mass is 16.6. The van der Waals surface area contributed by atoms with Gasteiger partial charge in [0.15, 0.2) is 0 Å². The first-order valence-electron chi connectivity index (χ1n) is 9.45. The van der Waals surface area contributed by atoms with Gasteiger partial charge in [-0.1, -0.05) is 51.0 Å². The average Bonchev–Trinajstić information content (AvgIpc) is 2.93. The maximum absolute atomic E-state index is 11.4. The van der Waals surface area contributed by atoms with Crippen molar-refractivity contribution in [2.75, 3.05) is 6.54 Å². The van der Waals surface area contributed by atoms with Crippen molar-refractivity contribution in [2.45, 2.75) is 51.1 Å². The molecule has 2 atom stereocenters. The summed E-state index contributed by atoms with van der Waals surface area (Å²) < 4.78 is 0. The molecule has 1 aliphatic carbocycles. The molecule has 0 amide bonds. The fraction of sp³-hybridized carbons (Fsp3) is 0.429. The molecule has 0 bridgehead atoms. The number of unbranched alkanes of at least 4 members (excludes halogenated alkanes) is 1. The summed E-state index contributed by atoms with van der Waals surface area (Å²) in [7, 11) is 0. The zero-order valence-electron chi connectivity index (χ0n) is 15.5. The smallest absolute Gasteiger partial charge is 0.269 e. The molecule has 5 heteroatoms. The standard InChI is InChI=1S/C21H27N3O2/c1-3-5-13-23-21(20(22)8-4-2)18-10-7-6-9-16(18)17-12-11-15(24(25)26)14-19(17)21/h6-7,9-12,14,20,23H,3-5,8,13,22H2,1-2H3. The van der Waals surface area contributed by atoms with Gasteiger partial charge in [-0.15, -0.1) is 0 Å². The van der Waals surface area contributed by atoms with E-state index in [2.05, 4.69) is 31.3 Å². The molecule has 0 aromatic heterocycles. The summed E-state index contributed by atoms with van der Waals surface area (Å²) in [6.45, 7) is 5.10. The number of hydrogen-bond donors (Lipinski definition) is 2. The second-order valence-electron chi connectivity index (χ2n) is 7.02. The van der Waals surface area contributed by atoms with E-state index in [1.807, 2.05) is 18.2 Å². The van der Waals surface area contributed by atoms with Crippen LogP contribution in [0.5, 0.6) is 0 Å². The lowest BCUT2D eigenvalue weighted by Crippen LogP contribution is -2.55. The minimum absolute atomic E-state index is 0.113. The molecule has 138 valence electrons. The minimum atomic E-state index is -0.580. The molecular weight excluding hydrogens is 326 g/mol. The summed E-state index contributed by atoms with van der Waals surface area (Å²) in [5, 5.41) is 15.1. The van der Waals surface area contributed by atoms with Crippen molar-refractivity contribution in [1.82, 2.24) is 5.32 Å². The first-order chi connectivity index (χ1) is 12.6. The number of nitro benzene ring substituents is 1. The number of nitrogens with two attached hydrogens (primary N) is 1. The molecule has 0 spiro atoms. The van der Waals surface area contributed by atoms with E-state index in [1.165, 1.54) is 0 Å². The highest BCUT2D eigenvalue weighted by Crippen LogP contribution is 2.50. The van der Waals surface area contributed by atoms with Crippen molar-refractivity contribution in [3.05, 3.63) is 63.7 Å². The molecule has 0 radical (unpaired) electrons. The van der Waals surface area contributed by atoms with Crippen LogP contribution in [0.25, 0.3) is 11.1 Å². The molecule has 1 aliphatic rings. The van der Waals surface area contributed by atoms with Gasteiger partial charge in [-0.3, -0.25) is 10.1 Å². The lowest BCUT2D eigenvalue weighted by molar-refractivity contribution is -0.384. The van der Waals surface area contributed by atoms with Gasteiger partial charge in [-0.05, 0) is 47.7 Å². The van der Waals surface area contributed by atoms with Crippen LogP contribution in [0.1, 0.15) is 50.7 Å². The number of hydrogen-bond acceptors (Lipinski definition) is 4. The second-order valence-corrected chi connectivity index (χ2v) is 7.02. The number of nitro groups is 1. The molecule has 0 heterocycles. The predicted octanol–water partition coefficient (Wildman–Crippen LogP) is 4.34. The number of nitrogens with zero attached hydrogens (tertiary/aromatic N) is 1. The SMILES string of the molecule is CCCCNC1(C(N)CCC)c2ccccc2-c2ccc([N+](=O)[O-])cc21. The Bertz CT molecular complexity index is 806. The van der Waals surface area contributed by atoms with E-state index in [9.17, 15) is 10.1 Å². The van der Waals surface area contributed by atoms with Crippen LogP contribution in [0, 0.1) is 10.1 Å². The summed E-state index contributed by atoms with van der Waals surface area (Å²) in [6.07, 6.45) is 3.92. The molecule has 2 aromatic rings. The molecule has 26 heavy (non-hydrogen) atoms. The Kier molecular flexibility index (Phi) is 5.39. The third-order valence-electron chi connectivity index (χ3n) is 5.37. The molecule has 2 aromatic carbocycles. The monoisotopic (exact) mass is 353 g/mol. The van der Waals surface area contributed by atoms with Gasteiger partial charge < -0.3 is 11.1 Å². The zero-order chi connectivity index (χ0) is 18.7. The summed E-state index contributed by atoms with van der Waals surface area (Å²) in [6, 6.07) is 13.2. The first kappa shape index (κ1) is 18.5. The molecule has 0 saturated heterocycles. The van der Waals surface area contributed by atoms with Crippen molar-refractivity contribution in [3.8, 4) is 11.1 Å². The van der Waals surface area contributed by atoms with Crippen molar-refractivity contribution < 1.29 is 4.92 Å². The number of rotatable bonds is 8. The van der Waals surface area contributed by atoms with Gasteiger partial charge >= 0.3 is 0 Å². The van der Waals surface area contributed by atoms with E-state index in [0.29, 0.717) is 0 Å². The van der Waals surface area contributed by atoms with Crippen molar-refractivity contribution in [3.63, 3.8) is 0 Å². The Balaban J connectivity index is 2.23. The summed E-state index contributed by atoms with van der Waals surface area (Å²) >= 11 is 0. The third-order valence-corrected chi connectivity index (χ3v) is 5.37. The van der Waals surface area contributed by atoms with Crippen LogP contribution < -0.4 is 11.1 Å². The molecule has 0 aliphatic heterocycles. The maximum Gasteiger partial charge on any atom is 0.269 e. The van der Waals surface area contributed by atoms with E-state index >= 15 is 0 Å². The average molecular weight is 353 g/mol. The quantitative estimate of drug-likeness (QED) is 0.420. The van der Waals surface area contributed by atoms with Crippen LogP contribution in [0.2, 0.25) is 0 Å². The van der Waals surface area contributed by atoms with Gasteiger partial charge in [-0.2, -0.15) is 0 Å². The normalized spacial score (nSPS) is 19.0. The van der Waals surface area contributed by atoms with Crippen molar-refractivity contribution >= 4 is 5.69 Å². The Labute approximate surface area is 154 Å². The molecule has 3 rings (SSSR count). The topological polar surface area (TPSA) is 81.2 Å². The van der Waals surface area contributed by atoms with Crippen LogP contribution >= 0.6 is 0 Å². The van der Waals surface area contributed by atoms with E-state index < -0.39 is 5.54 Å². The van der Waals surface area contributed by atoms with E-state index in [0.717, 1.165) is 54.5 Å². The van der Waals surface area contributed by atoms with E-state index in [-0.39, 0.29) is 16.7 Å². The van der Waals surface area contributed by atoms with Gasteiger partial charge in [0.2, 0.25) is 0 Å². The summed E-state index contributed by atoms with van der Waals surface area (Å²) in [5.74, 6) is 0. The molecule has 3 N–H and O–H groups in total. The second kappa shape index (κ2) is 7.56. The largest absolute Gasteiger partial charge is 0.326 e. The number of non-ortho nitro benzene ring substituents is 1. The highest BCUT2D eigenvalue weighted by Gasteiger charge is 2.47. The zero-order valence-corrected chi connectivity index (χ0v) is 15.5. The summed E-state index contributed by atoms with van der Waals surface area (Å²) in [5.41, 5.74) is 10.5. The van der Waals surface area contributed by atoms with E-state index in [1.54, 1.807) is 12.1 Å². The fourth-order valence-corrected chi connectivity index (χ4v) is 4.12. The number of fused-ring (bicyclic) bond motifs is 3. The lowest BCUT2D eigenvalue weighted by atomic mass is 9.78. The van der Waals surface area contributed by atoms with Gasteiger partial charge in [0, 0.05) is 18.2 Å². The molecule has 0 saturated carbocycles. The molecule has 0 fully saturated rings. The fourth-order valence-electron chi connectivity index (χ4n) is 4.12. The Morgan fingerprint density at radius 2 is 1.85 bits per heavy atom. The Morgan fingerprint density at radius 3 is 2.54 bits per heavy atom. The molecule has 5 nitrogen and oxygen atoms in total. The van der Waals surface area contributed by atoms with Crippen LogP contribution in [-0.2, 0) is 5.54 Å². The van der Waals surface area contributed by atoms with Crippen LogP contribution in [0.3, 0.4) is 0 Å². The maximum atomic E-state index is 11.4. The summed E-state index contributed by atoms with van der Waals surface area (Å²) in [4.78, 5) is 11.1. The van der Waals surface area contributed by atoms with Gasteiger partial charge in [0.1, 0.15) is 0 Å². The Morgan fingerprint density at radius 1 is 1.12 bits per heavy atom. The number of benzene rings is 2. The van der Waals surface area contributed by atoms with Crippen LogP contribution in [0.4, 0.5) is 5.69 Å².